The van der Waals surface area contributed by atoms with Crippen LogP contribution in [-0.4, -0.2) is 32.4 Å². The van der Waals surface area contributed by atoms with Gasteiger partial charge in [-0.05, 0) is 18.9 Å². The molecule has 0 radical (unpaired) electrons. The Morgan fingerprint density at radius 3 is 3.00 bits per heavy atom. The number of hydrogen-bond donors (Lipinski definition) is 0. The Kier molecular flexibility index (Phi) is 2.90. The van der Waals surface area contributed by atoms with Gasteiger partial charge < -0.3 is 9.47 Å². The minimum absolute atomic E-state index is 0.210. The highest BCUT2D eigenvalue weighted by Crippen LogP contribution is 2.38. The SMILES string of the molecule is Bc1ccc2c(c1)C(=O)CC1(CCCOCC1)O2. The first-order chi connectivity index (χ1) is 8.69. The van der Waals surface area contributed by atoms with E-state index in [1.54, 1.807) is 0 Å². The van der Waals surface area contributed by atoms with Crippen molar-refractivity contribution < 1.29 is 14.3 Å². The third-order valence-corrected chi connectivity index (χ3v) is 3.87. The third-order valence-electron chi connectivity index (χ3n) is 3.87. The van der Waals surface area contributed by atoms with Gasteiger partial charge in [0.05, 0.1) is 18.6 Å². The van der Waals surface area contributed by atoms with E-state index in [1.165, 1.54) is 0 Å². The summed E-state index contributed by atoms with van der Waals surface area (Å²) in [5.74, 6) is 0.959. The van der Waals surface area contributed by atoms with E-state index in [0.29, 0.717) is 13.0 Å². The Hall–Kier alpha value is -1.29. The van der Waals surface area contributed by atoms with E-state index in [-0.39, 0.29) is 11.4 Å². The molecule has 1 spiro atoms. The minimum atomic E-state index is -0.324. The van der Waals surface area contributed by atoms with Gasteiger partial charge in [0.15, 0.2) is 5.78 Å². The molecule has 1 aromatic rings. The van der Waals surface area contributed by atoms with E-state index >= 15 is 0 Å². The van der Waals surface area contributed by atoms with Crippen LogP contribution in [0.5, 0.6) is 5.75 Å². The summed E-state index contributed by atoms with van der Waals surface area (Å²) in [5, 5.41) is 0. The molecule has 0 amide bonds. The quantitative estimate of drug-likeness (QED) is 0.634. The highest BCUT2D eigenvalue weighted by molar-refractivity contribution is 6.32. The lowest BCUT2D eigenvalue weighted by molar-refractivity contribution is 0.0248. The van der Waals surface area contributed by atoms with E-state index in [1.807, 2.05) is 26.0 Å². The minimum Gasteiger partial charge on any atom is -0.486 e. The lowest BCUT2D eigenvalue weighted by atomic mass is 9.83. The largest absolute Gasteiger partial charge is 0.486 e. The molecule has 3 nitrogen and oxygen atoms in total. The predicted molar refractivity (Wildman–Crippen MR) is 71.6 cm³/mol. The van der Waals surface area contributed by atoms with Crippen molar-refractivity contribution in [3.05, 3.63) is 23.8 Å². The normalized spacial score (nSPS) is 27.4. The first-order valence-corrected chi connectivity index (χ1v) is 6.59. The number of Topliss-reactive ketones (excluding diaryl/α,β-unsaturated/α-hetero) is 1. The molecule has 2 aliphatic rings. The van der Waals surface area contributed by atoms with Gasteiger partial charge in [0.2, 0.25) is 0 Å². The molecular weight excluding hydrogens is 227 g/mol. The van der Waals surface area contributed by atoms with E-state index in [0.717, 1.165) is 42.6 Å². The molecule has 2 aliphatic heterocycles. The van der Waals surface area contributed by atoms with Crippen LogP contribution in [0.15, 0.2) is 18.2 Å². The summed E-state index contributed by atoms with van der Waals surface area (Å²) in [5.41, 5.74) is 1.52. The van der Waals surface area contributed by atoms with Gasteiger partial charge >= 0.3 is 0 Å². The fourth-order valence-electron chi connectivity index (χ4n) is 2.87. The maximum atomic E-state index is 12.3. The first kappa shape index (κ1) is 11.8. The number of ketones is 1. The van der Waals surface area contributed by atoms with Crippen LogP contribution in [0.4, 0.5) is 0 Å². The van der Waals surface area contributed by atoms with Crippen molar-refractivity contribution in [1.82, 2.24) is 0 Å². The van der Waals surface area contributed by atoms with Crippen LogP contribution in [0.1, 0.15) is 36.0 Å². The fourth-order valence-corrected chi connectivity index (χ4v) is 2.87. The molecule has 0 aliphatic carbocycles. The Morgan fingerprint density at radius 1 is 1.22 bits per heavy atom. The summed E-state index contributed by atoms with van der Waals surface area (Å²) >= 11 is 0. The van der Waals surface area contributed by atoms with Crippen molar-refractivity contribution >= 4 is 19.1 Å². The number of hydrogen-bond acceptors (Lipinski definition) is 3. The molecule has 0 bridgehead atoms. The van der Waals surface area contributed by atoms with Crippen LogP contribution in [0.2, 0.25) is 0 Å². The van der Waals surface area contributed by atoms with Crippen molar-refractivity contribution in [3.63, 3.8) is 0 Å². The molecule has 2 heterocycles. The zero-order valence-electron chi connectivity index (χ0n) is 10.7. The van der Waals surface area contributed by atoms with Crippen LogP contribution in [-0.2, 0) is 4.74 Å². The Morgan fingerprint density at radius 2 is 2.11 bits per heavy atom. The van der Waals surface area contributed by atoms with Crippen LogP contribution in [0.3, 0.4) is 0 Å². The second kappa shape index (κ2) is 4.43. The van der Waals surface area contributed by atoms with Crippen molar-refractivity contribution in [3.8, 4) is 5.75 Å². The average molecular weight is 244 g/mol. The Bertz CT molecular complexity index is 476. The highest BCUT2D eigenvalue weighted by atomic mass is 16.5. The fraction of sp³-hybridized carbons (Fsp3) is 0.500. The molecule has 0 aromatic heterocycles. The van der Waals surface area contributed by atoms with Crippen molar-refractivity contribution in [1.29, 1.82) is 0 Å². The molecule has 94 valence electrons. The number of benzene rings is 1. The lowest BCUT2D eigenvalue weighted by Gasteiger charge is -2.37. The third kappa shape index (κ3) is 2.05. The van der Waals surface area contributed by atoms with Gasteiger partial charge in [0.25, 0.3) is 0 Å². The van der Waals surface area contributed by atoms with Gasteiger partial charge in [-0.2, -0.15) is 0 Å². The van der Waals surface area contributed by atoms with Gasteiger partial charge in [-0.1, -0.05) is 17.6 Å². The zero-order chi connectivity index (χ0) is 12.6. The summed E-state index contributed by atoms with van der Waals surface area (Å²) in [7, 11) is 2.00. The molecule has 0 saturated carbocycles. The first-order valence-electron chi connectivity index (χ1n) is 6.59. The van der Waals surface area contributed by atoms with Crippen LogP contribution < -0.4 is 10.2 Å². The van der Waals surface area contributed by atoms with E-state index in [4.69, 9.17) is 9.47 Å². The zero-order valence-corrected chi connectivity index (χ0v) is 10.7. The second-order valence-corrected chi connectivity index (χ2v) is 5.35. The molecule has 1 aromatic carbocycles. The molecule has 4 heteroatoms. The van der Waals surface area contributed by atoms with Crippen molar-refractivity contribution in [2.45, 2.75) is 31.3 Å². The molecule has 0 N–H and O–H groups in total. The monoisotopic (exact) mass is 244 g/mol. The average Bonchev–Trinajstić information content (AvgIpc) is 2.56. The Labute approximate surface area is 108 Å². The van der Waals surface area contributed by atoms with E-state index < -0.39 is 0 Å². The second-order valence-electron chi connectivity index (χ2n) is 5.35. The number of carbonyl (C=O) groups excluding carboxylic acids is 1. The topological polar surface area (TPSA) is 35.5 Å². The van der Waals surface area contributed by atoms with Crippen LogP contribution in [0, 0.1) is 0 Å². The Balaban J connectivity index is 1.95. The van der Waals surface area contributed by atoms with Gasteiger partial charge in [0.1, 0.15) is 19.2 Å². The summed E-state index contributed by atoms with van der Waals surface area (Å²) < 4.78 is 11.6. The molecule has 1 atom stereocenters. The predicted octanol–water partition coefficient (Wildman–Crippen LogP) is 0.849. The van der Waals surface area contributed by atoms with Crippen molar-refractivity contribution in [2.75, 3.05) is 13.2 Å². The molecular formula is C14H17BO3. The molecule has 1 fully saturated rings. The summed E-state index contributed by atoms with van der Waals surface area (Å²) in [6.07, 6.45) is 3.18. The van der Waals surface area contributed by atoms with Crippen molar-refractivity contribution in [2.24, 2.45) is 0 Å². The van der Waals surface area contributed by atoms with E-state index in [2.05, 4.69) is 0 Å². The molecule has 1 saturated heterocycles. The summed E-state index contributed by atoms with van der Waals surface area (Å²) in [6.45, 7) is 1.47. The smallest absolute Gasteiger partial charge is 0.170 e. The number of carbonyl (C=O) groups is 1. The van der Waals surface area contributed by atoms with Gasteiger partial charge in [0, 0.05) is 13.0 Å². The van der Waals surface area contributed by atoms with Gasteiger partial charge in [-0.3, -0.25) is 4.79 Å². The summed E-state index contributed by atoms with van der Waals surface area (Å²) in [6, 6.07) is 5.85. The molecule has 18 heavy (non-hydrogen) atoms. The van der Waals surface area contributed by atoms with E-state index in [9.17, 15) is 4.79 Å². The number of ether oxygens (including phenoxy) is 2. The maximum absolute atomic E-state index is 12.3. The molecule has 1 unspecified atom stereocenters. The summed E-state index contributed by atoms with van der Waals surface area (Å²) in [4.78, 5) is 12.3. The van der Waals surface area contributed by atoms with Gasteiger partial charge in [-0.15, -0.1) is 0 Å². The lowest BCUT2D eigenvalue weighted by Crippen LogP contribution is -2.42. The maximum Gasteiger partial charge on any atom is 0.170 e. The van der Waals surface area contributed by atoms with Crippen LogP contribution >= 0.6 is 0 Å². The number of fused-ring (bicyclic) bond motifs is 1. The number of rotatable bonds is 0. The highest BCUT2D eigenvalue weighted by Gasteiger charge is 2.40. The molecule has 3 rings (SSSR count). The van der Waals surface area contributed by atoms with Gasteiger partial charge in [-0.25, -0.2) is 0 Å². The standard InChI is InChI=1S/C14H17BO3/c15-10-2-3-13-11(8-10)12(16)9-14(18-13)4-1-6-17-7-5-14/h2-3,8H,1,4-7,9,15H2. The van der Waals surface area contributed by atoms with Crippen LogP contribution in [0.25, 0.3) is 0 Å².